The van der Waals surface area contributed by atoms with Crippen LogP contribution in [0.25, 0.3) is 0 Å². The topological polar surface area (TPSA) is 45.7 Å². The van der Waals surface area contributed by atoms with Gasteiger partial charge in [0.15, 0.2) is 5.96 Å². The maximum Gasteiger partial charge on any atom is 0.573 e. The first-order valence-corrected chi connectivity index (χ1v) is 7.25. The minimum absolute atomic E-state index is 0. The smallest absolute Gasteiger partial charge is 0.406 e. The van der Waals surface area contributed by atoms with Gasteiger partial charge in [0.05, 0.1) is 0 Å². The maximum absolute atomic E-state index is 12.1. The third kappa shape index (κ3) is 8.29. The van der Waals surface area contributed by atoms with Gasteiger partial charge < -0.3 is 15.4 Å². The molecule has 0 heterocycles. The number of alkyl halides is 3. The summed E-state index contributed by atoms with van der Waals surface area (Å²) in [6, 6.07) is 5.90. The lowest BCUT2D eigenvalue weighted by atomic mass is 10.1. The molecule has 1 aliphatic carbocycles. The number of halogens is 4. The molecule has 130 valence electrons. The highest BCUT2D eigenvalue weighted by molar-refractivity contribution is 14.0. The van der Waals surface area contributed by atoms with Crippen molar-refractivity contribution in [2.45, 2.75) is 25.6 Å². The molecule has 1 aliphatic rings. The van der Waals surface area contributed by atoms with Crippen LogP contribution in [0.3, 0.4) is 0 Å². The fourth-order valence-corrected chi connectivity index (χ4v) is 1.97. The maximum atomic E-state index is 12.1. The molecule has 1 fully saturated rings. The van der Waals surface area contributed by atoms with Gasteiger partial charge in [-0.3, -0.25) is 4.99 Å². The van der Waals surface area contributed by atoms with Gasteiger partial charge in [-0.15, -0.1) is 37.1 Å². The van der Waals surface area contributed by atoms with Crippen LogP contribution >= 0.6 is 24.0 Å². The molecular weight excluding hydrogens is 422 g/mol. The zero-order valence-electron chi connectivity index (χ0n) is 12.8. The first kappa shape index (κ1) is 19.9. The van der Waals surface area contributed by atoms with E-state index in [1.807, 2.05) is 0 Å². The summed E-state index contributed by atoms with van der Waals surface area (Å²) in [6.45, 7) is 1.59. The van der Waals surface area contributed by atoms with E-state index in [0.29, 0.717) is 13.0 Å². The number of guanidine groups is 1. The Balaban J connectivity index is 0.00000264. The fraction of sp³-hybridized carbons (Fsp3) is 0.533. The molecule has 1 aromatic carbocycles. The Bertz CT molecular complexity index is 502. The molecule has 0 spiro atoms. The number of aliphatic imine (C=N–C) groups is 1. The van der Waals surface area contributed by atoms with E-state index < -0.39 is 6.36 Å². The molecule has 0 unspecified atom stereocenters. The third-order valence-electron chi connectivity index (χ3n) is 3.34. The molecule has 0 atom stereocenters. The van der Waals surface area contributed by atoms with Gasteiger partial charge in [-0.1, -0.05) is 12.1 Å². The summed E-state index contributed by atoms with van der Waals surface area (Å²) in [5.74, 6) is 1.31. The van der Waals surface area contributed by atoms with Crippen LogP contribution in [0.2, 0.25) is 0 Å². The Morgan fingerprint density at radius 2 is 1.87 bits per heavy atom. The van der Waals surface area contributed by atoms with E-state index >= 15 is 0 Å². The van der Waals surface area contributed by atoms with E-state index in [-0.39, 0.29) is 29.7 Å². The van der Waals surface area contributed by atoms with Crippen molar-refractivity contribution in [1.29, 1.82) is 0 Å². The zero-order valence-corrected chi connectivity index (χ0v) is 15.2. The highest BCUT2D eigenvalue weighted by Gasteiger charge is 2.30. The van der Waals surface area contributed by atoms with Crippen molar-refractivity contribution >= 4 is 29.9 Å². The van der Waals surface area contributed by atoms with Crippen molar-refractivity contribution in [2.75, 3.05) is 20.1 Å². The molecule has 2 N–H and O–H groups in total. The van der Waals surface area contributed by atoms with Crippen LogP contribution in [-0.4, -0.2) is 32.5 Å². The monoisotopic (exact) mass is 443 g/mol. The first-order valence-electron chi connectivity index (χ1n) is 7.25. The molecule has 4 nitrogen and oxygen atoms in total. The lowest BCUT2D eigenvalue weighted by molar-refractivity contribution is -0.274. The number of ether oxygens (including phenoxy) is 1. The predicted molar refractivity (Wildman–Crippen MR) is 94.3 cm³/mol. The van der Waals surface area contributed by atoms with Gasteiger partial charge in [0.2, 0.25) is 0 Å². The summed E-state index contributed by atoms with van der Waals surface area (Å²) < 4.78 is 40.0. The molecule has 0 aromatic heterocycles. The quantitative estimate of drug-likeness (QED) is 0.403. The highest BCUT2D eigenvalue weighted by Crippen LogP contribution is 2.27. The zero-order chi connectivity index (χ0) is 16.0. The second-order valence-electron chi connectivity index (χ2n) is 5.27. The van der Waals surface area contributed by atoms with Gasteiger partial charge in [-0.05, 0) is 42.9 Å². The van der Waals surface area contributed by atoms with Gasteiger partial charge in [0.25, 0.3) is 0 Å². The molecule has 0 aliphatic heterocycles. The van der Waals surface area contributed by atoms with Crippen molar-refractivity contribution in [3.05, 3.63) is 29.8 Å². The Hall–Kier alpha value is -1.19. The van der Waals surface area contributed by atoms with E-state index in [2.05, 4.69) is 20.4 Å². The lowest BCUT2D eigenvalue weighted by Gasteiger charge is -2.12. The number of benzene rings is 1. The Labute approximate surface area is 150 Å². The summed E-state index contributed by atoms with van der Waals surface area (Å²) in [7, 11) is 1.71. The Kier molecular flexibility index (Phi) is 7.93. The minimum atomic E-state index is -4.65. The summed E-state index contributed by atoms with van der Waals surface area (Å²) in [6.07, 6.45) is -1.41. The summed E-state index contributed by atoms with van der Waals surface area (Å²) in [5.41, 5.74) is 0.930. The van der Waals surface area contributed by atoms with Crippen molar-refractivity contribution < 1.29 is 17.9 Å². The molecule has 1 aromatic rings. The molecule has 0 saturated heterocycles. The van der Waals surface area contributed by atoms with Crippen molar-refractivity contribution in [2.24, 2.45) is 10.9 Å². The average molecular weight is 443 g/mol. The van der Waals surface area contributed by atoms with Crippen molar-refractivity contribution in [3.8, 4) is 5.75 Å². The lowest BCUT2D eigenvalue weighted by Crippen LogP contribution is -2.39. The number of nitrogens with zero attached hydrogens (tertiary/aromatic N) is 1. The highest BCUT2D eigenvalue weighted by atomic mass is 127. The van der Waals surface area contributed by atoms with E-state index in [0.717, 1.165) is 24.0 Å². The van der Waals surface area contributed by atoms with Crippen LogP contribution in [0.15, 0.2) is 29.3 Å². The normalized spacial score (nSPS) is 14.9. The molecule has 8 heteroatoms. The number of hydrogen-bond acceptors (Lipinski definition) is 2. The molecule has 1 saturated carbocycles. The van der Waals surface area contributed by atoms with Crippen LogP contribution < -0.4 is 15.4 Å². The molecule has 0 radical (unpaired) electrons. The van der Waals surface area contributed by atoms with E-state index in [1.54, 1.807) is 19.2 Å². The van der Waals surface area contributed by atoms with E-state index in [1.165, 1.54) is 25.0 Å². The van der Waals surface area contributed by atoms with Crippen LogP contribution in [0, 0.1) is 5.92 Å². The summed E-state index contributed by atoms with van der Waals surface area (Å²) in [5, 5.41) is 6.43. The second-order valence-corrected chi connectivity index (χ2v) is 5.27. The minimum Gasteiger partial charge on any atom is -0.406 e. The van der Waals surface area contributed by atoms with Crippen molar-refractivity contribution in [3.63, 3.8) is 0 Å². The summed E-state index contributed by atoms with van der Waals surface area (Å²) in [4.78, 5) is 4.12. The summed E-state index contributed by atoms with van der Waals surface area (Å²) >= 11 is 0. The largest absolute Gasteiger partial charge is 0.573 e. The van der Waals surface area contributed by atoms with E-state index in [9.17, 15) is 13.2 Å². The average Bonchev–Trinajstić information content (AvgIpc) is 3.27. The van der Waals surface area contributed by atoms with Gasteiger partial charge >= 0.3 is 6.36 Å². The molecule has 2 rings (SSSR count). The molecule has 0 bridgehead atoms. The standard InChI is InChI=1S/C15H20F3N3O.HI/c1-19-14(21-10-12-2-3-12)20-9-8-11-4-6-13(7-5-11)22-15(16,17)18;/h4-7,12H,2-3,8-10H2,1H3,(H2,19,20,21);1H. The van der Waals surface area contributed by atoms with Crippen LogP contribution in [0.1, 0.15) is 18.4 Å². The van der Waals surface area contributed by atoms with Crippen molar-refractivity contribution in [1.82, 2.24) is 10.6 Å². The third-order valence-corrected chi connectivity index (χ3v) is 3.34. The van der Waals surface area contributed by atoms with Gasteiger partial charge in [-0.2, -0.15) is 0 Å². The predicted octanol–water partition coefficient (Wildman–Crippen LogP) is 3.32. The van der Waals surface area contributed by atoms with Crippen LogP contribution in [0.4, 0.5) is 13.2 Å². The first-order chi connectivity index (χ1) is 10.5. The van der Waals surface area contributed by atoms with Crippen LogP contribution in [-0.2, 0) is 6.42 Å². The van der Waals surface area contributed by atoms with E-state index in [4.69, 9.17) is 0 Å². The molecular formula is C15H21F3IN3O. The fourth-order valence-electron chi connectivity index (χ4n) is 1.97. The Morgan fingerprint density at radius 1 is 1.22 bits per heavy atom. The number of rotatable bonds is 6. The van der Waals surface area contributed by atoms with Crippen LogP contribution in [0.5, 0.6) is 5.75 Å². The van der Waals surface area contributed by atoms with Gasteiger partial charge in [0.1, 0.15) is 5.75 Å². The number of nitrogens with one attached hydrogen (secondary N) is 2. The number of hydrogen-bond donors (Lipinski definition) is 2. The van der Waals surface area contributed by atoms with Gasteiger partial charge in [-0.25, -0.2) is 0 Å². The Morgan fingerprint density at radius 3 is 2.39 bits per heavy atom. The van der Waals surface area contributed by atoms with Gasteiger partial charge in [0, 0.05) is 20.1 Å². The molecule has 0 amide bonds. The molecule has 23 heavy (non-hydrogen) atoms. The second kappa shape index (κ2) is 9.19. The SMILES string of the molecule is CN=C(NCCc1ccc(OC(F)(F)F)cc1)NCC1CC1.I.